The molecule has 2 aliphatic rings. The van der Waals surface area contributed by atoms with E-state index in [-0.39, 0.29) is 18.8 Å². The highest BCUT2D eigenvalue weighted by atomic mass is 19.3. The molecule has 1 saturated heterocycles. The van der Waals surface area contributed by atoms with E-state index >= 15 is 0 Å². The standard InChI is InChI=1S/C27H36F2N4O8/c1-4-39-25(36)21-18(23(34)33(21)26(37)32-20(22(28)29)17-8-6-5-7-9-17)12-16-10-11-30-19(13-16)31-27(38)41-14-40-24(35)15(2)3/h10-11,13,15,17-18,20-22H,4-9,12,14H2,1-3H3,(H,32,37)(H,30,31,38)/t18-,20+,21?/m1/s1. The maximum Gasteiger partial charge on any atom is 0.415 e. The first kappa shape index (κ1) is 31.7. The summed E-state index contributed by atoms with van der Waals surface area (Å²) in [5.41, 5.74) is 0.488. The highest BCUT2D eigenvalue weighted by molar-refractivity contribution is 6.08. The Hall–Kier alpha value is -3.84. The lowest BCUT2D eigenvalue weighted by atomic mass is 9.82. The highest BCUT2D eigenvalue weighted by Gasteiger charge is 2.55. The Morgan fingerprint density at radius 1 is 1.10 bits per heavy atom. The normalized spacial score (nSPS) is 19.8. The van der Waals surface area contributed by atoms with E-state index in [4.69, 9.17) is 14.2 Å². The van der Waals surface area contributed by atoms with Crippen molar-refractivity contribution >= 4 is 35.8 Å². The average molecular weight is 583 g/mol. The maximum atomic E-state index is 13.9. The van der Waals surface area contributed by atoms with Crippen LogP contribution in [0.2, 0.25) is 0 Å². The van der Waals surface area contributed by atoms with Gasteiger partial charge in [-0.15, -0.1) is 0 Å². The predicted molar refractivity (Wildman–Crippen MR) is 139 cm³/mol. The van der Waals surface area contributed by atoms with E-state index in [1.54, 1.807) is 26.8 Å². The number of ether oxygens (including phenoxy) is 3. The second kappa shape index (κ2) is 14.7. The lowest BCUT2D eigenvalue weighted by Crippen LogP contribution is -2.70. The fourth-order valence-electron chi connectivity index (χ4n) is 4.94. The molecule has 3 atom stereocenters. The third kappa shape index (κ3) is 8.33. The number of urea groups is 1. The lowest BCUT2D eigenvalue weighted by Gasteiger charge is -2.44. The number of likely N-dealkylation sites (tertiary alicyclic amines) is 1. The van der Waals surface area contributed by atoms with E-state index < -0.39 is 73.0 Å². The molecule has 41 heavy (non-hydrogen) atoms. The van der Waals surface area contributed by atoms with Crippen molar-refractivity contribution in [3.05, 3.63) is 23.9 Å². The Bertz CT molecular complexity index is 1110. The number of hydrogen-bond acceptors (Lipinski definition) is 9. The van der Waals surface area contributed by atoms with Gasteiger partial charge in [0.25, 0.3) is 6.43 Å². The van der Waals surface area contributed by atoms with E-state index in [1.807, 2.05) is 0 Å². The zero-order valence-electron chi connectivity index (χ0n) is 23.3. The van der Waals surface area contributed by atoms with Crippen molar-refractivity contribution in [1.82, 2.24) is 15.2 Å². The fourth-order valence-corrected chi connectivity index (χ4v) is 4.94. The van der Waals surface area contributed by atoms with Crippen LogP contribution in [0, 0.1) is 17.8 Å². The summed E-state index contributed by atoms with van der Waals surface area (Å²) in [7, 11) is 0. The first-order valence-corrected chi connectivity index (χ1v) is 13.7. The summed E-state index contributed by atoms with van der Waals surface area (Å²) in [4.78, 5) is 66.9. The molecule has 1 aliphatic heterocycles. The van der Waals surface area contributed by atoms with Crippen LogP contribution in [0.1, 0.15) is 58.4 Å². The van der Waals surface area contributed by atoms with Gasteiger partial charge in [0.15, 0.2) is 6.04 Å². The van der Waals surface area contributed by atoms with E-state index in [1.165, 1.54) is 12.3 Å². The summed E-state index contributed by atoms with van der Waals surface area (Å²) in [5.74, 6) is -3.84. The number of imide groups is 1. The molecule has 12 nitrogen and oxygen atoms in total. The van der Waals surface area contributed by atoms with Crippen LogP contribution in [0.3, 0.4) is 0 Å². The number of halogens is 2. The second-order valence-corrected chi connectivity index (χ2v) is 10.3. The molecule has 0 bridgehead atoms. The largest absolute Gasteiger partial charge is 0.464 e. The number of anilines is 1. The number of amides is 4. The van der Waals surface area contributed by atoms with Gasteiger partial charge in [-0.25, -0.2) is 33.0 Å². The van der Waals surface area contributed by atoms with Crippen LogP contribution in [0.5, 0.6) is 0 Å². The summed E-state index contributed by atoms with van der Waals surface area (Å²) in [6.45, 7) is 4.22. The van der Waals surface area contributed by atoms with Gasteiger partial charge in [0.05, 0.1) is 24.5 Å². The van der Waals surface area contributed by atoms with Gasteiger partial charge in [-0.05, 0) is 49.8 Å². The van der Waals surface area contributed by atoms with E-state index in [9.17, 15) is 32.8 Å². The van der Waals surface area contributed by atoms with Crippen LogP contribution in [0.4, 0.5) is 24.2 Å². The molecule has 1 aliphatic carbocycles. The van der Waals surface area contributed by atoms with Gasteiger partial charge in [0, 0.05) is 6.20 Å². The SMILES string of the molecule is CCOC(=O)C1[C@@H](Cc2ccnc(NC(=O)OCOC(=O)C(C)C)c2)C(=O)N1C(=O)N[C@H](C(F)F)C1CCCCC1. The van der Waals surface area contributed by atoms with Crippen molar-refractivity contribution in [3.63, 3.8) is 0 Å². The first-order valence-electron chi connectivity index (χ1n) is 13.7. The summed E-state index contributed by atoms with van der Waals surface area (Å²) in [5, 5.41) is 4.66. The average Bonchev–Trinajstić information content (AvgIpc) is 2.93. The van der Waals surface area contributed by atoms with Crippen LogP contribution in [0.25, 0.3) is 0 Å². The Kier molecular flexibility index (Phi) is 11.4. The number of carbonyl (C=O) groups excluding carboxylic acids is 5. The third-order valence-electron chi connectivity index (χ3n) is 7.05. The van der Waals surface area contributed by atoms with Gasteiger partial charge in [-0.3, -0.25) is 14.9 Å². The number of nitrogens with one attached hydrogen (secondary N) is 2. The van der Waals surface area contributed by atoms with E-state index in [0.717, 1.165) is 19.3 Å². The number of rotatable bonds is 11. The highest BCUT2D eigenvalue weighted by Crippen LogP contribution is 2.33. The summed E-state index contributed by atoms with van der Waals surface area (Å²) in [6, 6.07) is -0.805. The molecule has 3 rings (SSSR count). The van der Waals surface area contributed by atoms with Crippen LogP contribution in [-0.4, -0.2) is 71.8 Å². The molecule has 1 aromatic heterocycles. The van der Waals surface area contributed by atoms with E-state index in [2.05, 4.69) is 15.6 Å². The lowest BCUT2D eigenvalue weighted by molar-refractivity contribution is -0.169. The van der Waals surface area contributed by atoms with Crippen LogP contribution in [-0.2, 0) is 35.0 Å². The monoisotopic (exact) mass is 582 g/mol. The molecular weight excluding hydrogens is 546 g/mol. The number of aromatic nitrogens is 1. The molecule has 2 N–H and O–H groups in total. The zero-order valence-corrected chi connectivity index (χ0v) is 23.3. The van der Waals surface area contributed by atoms with Crippen LogP contribution >= 0.6 is 0 Å². The molecule has 1 saturated carbocycles. The van der Waals surface area contributed by atoms with Gasteiger partial charge in [-0.1, -0.05) is 33.1 Å². The minimum absolute atomic E-state index is 0.00858. The second-order valence-electron chi connectivity index (χ2n) is 10.3. The first-order chi connectivity index (χ1) is 19.5. The molecule has 14 heteroatoms. The van der Waals surface area contributed by atoms with Crippen molar-refractivity contribution in [2.24, 2.45) is 17.8 Å². The van der Waals surface area contributed by atoms with Gasteiger partial charge < -0.3 is 19.5 Å². The summed E-state index contributed by atoms with van der Waals surface area (Å²) < 4.78 is 42.4. The third-order valence-corrected chi connectivity index (χ3v) is 7.05. The molecule has 0 aromatic carbocycles. The van der Waals surface area contributed by atoms with Crippen molar-refractivity contribution < 1.29 is 47.0 Å². The summed E-state index contributed by atoms with van der Waals surface area (Å²) in [6.07, 6.45) is 1.16. The number of carbonyl (C=O) groups is 5. The number of pyridine rings is 1. The number of β-lactam (4-membered cyclic amide) rings is 1. The minimum atomic E-state index is -2.83. The quantitative estimate of drug-likeness (QED) is 0.226. The van der Waals surface area contributed by atoms with Gasteiger partial charge in [0.2, 0.25) is 12.7 Å². The van der Waals surface area contributed by atoms with E-state index in [0.29, 0.717) is 23.3 Å². The molecule has 2 heterocycles. The van der Waals surface area contributed by atoms with Gasteiger partial charge in [-0.2, -0.15) is 0 Å². The minimum Gasteiger partial charge on any atom is -0.464 e. The Balaban J connectivity index is 1.66. The van der Waals surface area contributed by atoms with Crippen LogP contribution in [0.15, 0.2) is 18.3 Å². The molecule has 1 unspecified atom stereocenters. The molecule has 2 fully saturated rings. The number of nitrogens with zero attached hydrogens (tertiary/aromatic N) is 2. The smallest absolute Gasteiger partial charge is 0.415 e. The topological polar surface area (TPSA) is 153 Å². The summed E-state index contributed by atoms with van der Waals surface area (Å²) >= 11 is 0. The molecule has 0 radical (unpaired) electrons. The van der Waals surface area contributed by atoms with Crippen molar-refractivity contribution in [2.75, 3.05) is 18.7 Å². The maximum absolute atomic E-state index is 13.9. The Morgan fingerprint density at radius 3 is 2.44 bits per heavy atom. The Labute approximate surface area is 236 Å². The zero-order chi connectivity index (χ0) is 30.1. The van der Waals surface area contributed by atoms with Crippen molar-refractivity contribution in [3.8, 4) is 0 Å². The predicted octanol–water partition coefficient (Wildman–Crippen LogP) is 3.64. The van der Waals surface area contributed by atoms with Gasteiger partial charge in [0.1, 0.15) is 5.82 Å². The molecule has 226 valence electrons. The van der Waals surface area contributed by atoms with Gasteiger partial charge >= 0.3 is 24.1 Å². The molecular formula is C27H36F2N4O8. The number of alkyl halides is 2. The number of esters is 2. The fraction of sp³-hybridized carbons (Fsp3) is 0.630. The Morgan fingerprint density at radius 2 is 1.80 bits per heavy atom. The van der Waals surface area contributed by atoms with Crippen LogP contribution < -0.4 is 10.6 Å². The molecule has 4 amide bonds. The van der Waals surface area contributed by atoms with Crippen molar-refractivity contribution in [1.29, 1.82) is 0 Å². The number of hydrogen-bond donors (Lipinski definition) is 2. The molecule has 1 aromatic rings. The molecule has 0 spiro atoms. The van der Waals surface area contributed by atoms with Crippen molar-refractivity contribution in [2.45, 2.75) is 77.8 Å².